The third kappa shape index (κ3) is 2.45. The van der Waals surface area contributed by atoms with E-state index in [-0.39, 0.29) is 23.4 Å². The van der Waals surface area contributed by atoms with Crippen molar-refractivity contribution >= 4 is 34.5 Å². The van der Waals surface area contributed by atoms with Crippen LogP contribution in [0.5, 0.6) is 0 Å². The van der Waals surface area contributed by atoms with Gasteiger partial charge in [0.25, 0.3) is 0 Å². The summed E-state index contributed by atoms with van der Waals surface area (Å²) < 4.78 is 0. The van der Waals surface area contributed by atoms with Gasteiger partial charge in [-0.15, -0.1) is 11.3 Å². The first-order chi connectivity index (χ1) is 11.0. The Balaban J connectivity index is 1.73. The lowest BCUT2D eigenvalue weighted by Gasteiger charge is -2.24. The van der Waals surface area contributed by atoms with E-state index in [2.05, 4.69) is 4.98 Å². The van der Waals surface area contributed by atoms with Crippen LogP contribution in [0.4, 0.5) is 0 Å². The SMILES string of the molecule is Cc1sc(-c2ccc(Cl)cc2)nc1C1C(=O)[C@@H]2CC[C@@H](C2)C1=O. The highest BCUT2D eigenvalue weighted by molar-refractivity contribution is 7.15. The molecule has 23 heavy (non-hydrogen) atoms. The largest absolute Gasteiger partial charge is 0.298 e. The van der Waals surface area contributed by atoms with Crippen molar-refractivity contribution in [1.82, 2.24) is 4.98 Å². The normalized spacial score (nSPS) is 26.8. The molecule has 1 heterocycles. The van der Waals surface area contributed by atoms with Gasteiger partial charge in [0, 0.05) is 27.3 Å². The summed E-state index contributed by atoms with van der Waals surface area (Å²) in [7, 11) is 0. The molecule has 0 spiro atoms. The monoisotopic (exact) mass is 345 g/mol. The lowest BCUT2D eigenvalue weighted by molar-refractivity contribution is -0.136. The van der Waals surface area contributed by atoms with E-state index in [1.165, 1.54) is 11.3 Å². The average Bonchev–Trinajstić information content (AvgIpc) is 3.13. The third-order valence-electron chi connectivity index (χ3n) is 5.00. The molecule has 2 bridgehead atoms. The Morgan fingerprint density at radius 1 is 1.09 bits per heavy atom. The molecule has 1 unspecified atom stereocenters. The number of halogens is 1. The zero-order valence-corrected chi connectivity index (χ0v) is 14.3. The maximum Gasteiger partial charge on any atom is 0.152 e. The van der Waals surface area contributed by atoms with Gasteiger partial charge in [-0.3, -0.25) is 9.59 Å². The number of aryl methyl sites for hydroxylation is 1. The number of rotatable bonds is 2. The second kappa shape index (κ2) is 5.53. The van der Waals surface area contributed by atoms with Crippen molar-refractivity contribution in [3.05, 3.63) is 39.9 Å². The van der Waals surface area contributed by atoms with Crippen molar-refractivity contribution in [3.8, 4) is 10.6 Å². The van der Waals surface area contributed by atoms with Crippen LogP contribution in [0.2, 0.25) is 5.02 Å². The maximum atomic E-state index is 12.7. The van der Waals surface area contributed by atoms with Crippen LogP contribution >= 0.6 is 22.9 Å². The van der Waals surface area contributed by atoms with E-state index >= 15 is 0 Å². The van der Waals surface area contributed by atoms with Gasteiger partial charge in [0.2, 0.25) is 0 Å². The van der Waals surface area contributed by atoms with E-state index in [1.807, 2.05) is 31.2 Å². The Hall–Kier alpha value is -1.52. The first-order valence-corrected chi connectivity index (χ1v) is 9.04. The summed E-state index contributed by atoms with van der Waals surface area (Å²) in [6.07, 6.45) is 2.47. The predicted octanol–water partition coefficient (Wildman–Crippen LogP) is 4.42. The first kappa shape index (κ1) is 15.0. The smallest absolute Gasteiger partial charge is 0.152 e. The minimum atomic E-state index is -0.640. The Kier molecular flexibility index (Phi) is 3.62. The molecular weight excluding hydrogens is 330 g/mol. The molecule has 5 heteroatoms. The van der Waals surface area contributed by atoms with Gasteiger partial charge in [-0.2, -0.15) is 0 Å². The molecule has 2 fully saturated rings. The number of Topliss-reactive ketones (excluding diaryl/α,β-unsaturated/α-hetero) is 2. The molecule has 0 aliphatic heterocycles. The van der Waals surface area contributed by atoms with E-state index < -0.39 is 5.92 Å². The number of hydrogen-bond acceptors (Lipinski definition) is 4. The molecule has 1 aromatic carbocycles. The summed E-state index contributed by atoms with van der Waals surface area (Å²) in [5, 5.41) is 1.52. The number of carbonyl (C=O) groups excluding carboxylic acids is 2. The molecule has 0 radical (unpaired) electrons. The second-order valence-corrected chi connectivity index (χ2v) is 8.05. The van der Waals surface area contributed by atoms with E-state index in [9.17, 15) is 9.59 Å². The lowest BCUT2D eigenvalue weighted by Crippen LogP contribution is -2.35. The fraction of sp³-hybridized carbons (Fsp3) is 0.389. The topological polar surface area (TPSA) is 47.0 Å². The highest BCUT2D eigenvalue weighted by Crippen LogP contribution is 2.45. The molecular formula is C18H16ClNO2S. The molecule has 2 aromatic rings. The van der Waals surface area contributed by atoms with Gasteiger partial charge in [0.05, 0.1) is 5.69 Å². The van der Waals surface area contributed by atoms with Crippen molar-refractivity contribution in [3.63, 3.8) is 0 Å². The van der Waals surface area contributed by atoms with E-state index in [4.69, 9.17) is 11.6 Å². The first-order valence-electron chi connectivity index (χ1n) is 7.85. The van der Waals surface area contributed by atoms with Crippen LogP contribution in [0.1, 0.15) is 35.8 Å². The predicted molar refractivity (Wildman–Crippen MR) is 90.9 cm³/mol. The minimum absolute atomic E-state index is 0.0581. The van der Waals surface area contributed by atoms with Gasteiger partial charge >= 0.3 is 0 Å². The maximum absolute atomic E-state index is 12.7. The number of fused-ring (bicyclic) bond motifs is 2. The Labute approximate surface area is 143 Å². The Morgan fingerprint density at radius 2 is 1.70 bits per heavy atom. The Morgan fingerprint density at radius 3 is 2.30 bits per heavy atom. The molecule has 0 amide bonds. The molecule has 1 aromatic heterocycles. The molecule has 0 N–H and O–H groups in total. The number of thiazole rings is 1. The van der Waals surface area contributed by atoms with Crippen molar-refractivity contribution in [2.75, 3.05) is 0 Å². The molecule has 0 saturated heterocycles. The van der Waals surface area contributed by atoms with E-state index in [0.717, 1.165) is 34.7 Å². The number of hydrogen-bond donors (Lipinski definition) is 0. The van der Waals surface area contributed by atoms with Crippen molar-refractivity contribution in [1.29, 1.82) is 0 Å². The summed E-state index contributed by atoms with van der Waals surface area (Å²) in [6.45, 7) is 1.95. The highest BCUT2D eigenvalue weighted by Gasteiger charge is 2.48. The molecule has 4 rings (SSSR count). The van der Waals surface area contributed by atoms with Gasteiger partial charge in [0.15, 0.2) is 11.6 Å². The van der Waals surface area contributed by atoms with Crippen molar-refractivity contribution < 1.29 is 9.59 Å². The van der Waals surface area contributed by atoms with Crippen LogP contribution in [0, 0.1) is 18.8 Å². The number of aromatic nitrogens is 1. The van der Waals surface area contributed by atoms with Crippen LogP contribution in [-0.2, 0) is 9.59 Å². The van der Waals surface area contributed by atoms with Gasteiger partial charge in [-0.1, -0.05) is 23.7 Å². The van der Waals surface area contributed by atoms with Crippen LogP contribution in [-0.4, -0.2) is 16.6 Å². The van der Waals surface area contributed by atoms with Crippen LogP contribution in [0.15, 0.2) is 24.3 Å². The van der Waals surface area contributed by atoms with Gasteiger partial charge in [-0.25, -0.2) is 4.98 Å². The zero-order valence-electron chi connectivity index (χ0n) is 12.7. The molecule has 2 aliphatic carbocycles. The Bertz CT molecular complexity index is 774. The van der Waals surface area contributed by atoms with Crippen molar-refractivity contribution in [2.45, 2.75) is 32.1 Å². The second-order valence-electron chi connectivity index (χ2n) is 6.41. The van der Waals surface area contributed by atoms with Crippen molar-refractivity contribution in [2.24, 2.45) is 11.8 Å². The highest BCUT2D eigenvalue weighted by atomic mass is 35.5. The summed E-state index contributed by atoms with van der Waals surface area (Å²) in [5.74, 6) is -0.358. The summed E-state index contributed by atoms with van der Waals surface area (Å²) >= 11 is 7.46. The molecule has 2 saturated carbocycles. The quantitative estimate of drug-likeness (QED) is 0.757. The van der Waals surface area contributed by atoms with E-state index in [0.29, 0.717) is 10.7 Å². The summed E-state index contributed by atoms with van der Waals surface area (Å²) in [4.78, 5) is 31.0. The van der Waals surface area contributed by atoms with Gasteiger partial charge in [0.1, 0.15) is 10.9 Å². The summed E-state index contributed by atoms with van der Waals surface area (Å²) in [5.41, 5.74) is 1.64. The number of benzene rings is 1. The minimum Gasteiger partial charge on any atom is -0.298 e. The average molecular weight is 346 g/mol. The summed E-state index contributed by atoms with van der Waals surface area (Å²) in [6, 6.07) is 7.48. The van der Waals surface area contributed by atoms with Gasteiger partial charge in [-0.05, 0) is 38.3 Å². The number of ketones is 2. The molecule has 3 nitrogen and oxygen atoms in total. The zero-order chi connectivity index (χ0) is 16.1. The fourth-order valence-corrected chi connectivity index (χ4v) is 4.85. The third-order valence-corrected chi connectivity index (χ3v) is 6.29. The van der Waals surface area contributed by atoms with Crippen LogP contribution < -0.4 is 0 Å². The fourth-order valence-electron chi connectivity index (χ4n) is 3.77. The number of carbonyl (C=O) groups is 2. The number of nitrogens with zero attached hydrogens (tertiary/aromatic N) is 1. The molecule has 3 atom stereocenters. The standard InChI is InChI=1S/C18H16ClNO2S/c1-9-15(14-16(21)11-2-3-12(8-11)17(14)22)20-18(23-9)10-4-6-13(19)7-5-10/h4-7,11-12,14H,2-3,8H2,1H3/t11-,12+,14?. The van der Waals surface area contributed by atoms with Crippen LogP contribution in [0.3, 0.4) is 0 Å². The molecule has 2 aliphatic rings. The van der Waals surface area contributed by atoms with Crippen LogP contribution in [0.25, 0.3) is 10.6 Å². The van der Waals surface area contributed by atoms with Gasteiger partial charge < -0.3 is 0 Å². The lowest BCUT2D eigenvalue weighted by atomic mass is 9.77. The van der Waals surface area contributed by atoms with E-state index in [1.54, 1.807) is 0 Å². The molecule has 118 valence electrons.